The van der Waals surface area contributed by atoms with E-state index in [1.165, 1.54) is 17.7 Å². The second-order valence-electron chi connectivity index (χ2n) is 7.35. The molecule has 0 aliphatic carbocycles. The molecule has 2 heterocycles. The molecule has 176 valence electrons. The van der Waals surface area contributed by atoms with Gasteiger partial charge >= 0.3 is 0 Å². The SMILES string of the molecule is CN=C(NCc1ccc(Oc2cccc(F)c2)nc1)NCc1coc(-c2ccc(C)cc2)n1.I. The second-order valence-corrected chi connectivity index (χ2v) is 7.35. The Morgan fingerprint density at radius 3 is 2.56 bits per heavy atom. The third-order valence-corrected chi connectivity index (χ3v) is 4.79. The number of benzene rings is 2. The standard InChI is InChI=1S/C25H24FN5O2.HI/c1-17-6-9-19(10-7-17)24-31-21(16-32-24)15-30-25(27-2)29-14-18-8-11-23(28-13-18)33-22-5-3-4-20(26)12-22;/h3-13,16H,14-15H2,1-2H3,(H2,27,29,30);1H. The van der Waals surface area contributed by atoms with E-state index in [4.69, 9.17) is 9.15 Å². The monoisotopic (exact) mass is 573 g/mol. The summed E-state index contributed by atoms with van der Waals surface area (Å²) >= 11 is 0. The van der Waals surface area contributed by atoms with Crippen molar-refractivity contribution in [2.24, 2.45) is 4.99 Å². The molecular weight excluding hydrogens is 548 g/mol. The van der Waals surface area contributed by atoms with Crippen LogP contribution in [0.4, 0.5) is 4.39 Å². The Morgan fingerprint density at radius 2 is 1.85 bits per heavy atom. The van der Waals surface area contributed by atoms with E-state index >= 15 is 0 Å². The Labute approximate surface area is 214 Å². The molecule has 7 nitrogen and oxygen atoms in total. The molecule has 4 aromatic rings. The highest BCUT2D eigenvalue weighted by Gasteiger charge is 2.08. The fourth-order valence-electron chi connectivity index (χ4n) is 3.02. The zero-order chi connectivity index (χ0) is 23.0. The fourth-order valence-corrected chi connectivity index (χ4v) is 3.02. The van der Waals surface area contributed by atoms with Crippen molar-refractivity contribution in [3.63, 3.8) is 0 Å². The summed E-state index contributed by atoms with van der Waals surface area (Å²) in [5.74, 6) is 1.64. The number of hydrogen-bond donors (Lipinski definition) is 2. The van der Waals surface area contributed by atoms with Crippen LogP contribution in [0.2, 0.25) is 0 Å². The van der Waals surface area contributed by atoms with Gasteiger partial charge in [0.1, 0.15) is 17.8 Å². The molecule has 0 fully saturated rings. The van der Waals surface area contributed by atoms with Crippen molar-refractivity contribution in [1.29, 1.82) is 0 Å². The quantitative estimate of drug-likeness (QED) is 0.174. The molecule has 0 aliphatic rings. The number of oxazole rings is 1. The maximum Gasteiger partial charge on any atom is 0.226 e. The molecule has 2 aromatic heterocycles. The smallest absolute Gasteiger partial charge is 0.226 e. The van der Waals surface area contributed by atoms with Crippen LogP contribution in [0.25, 0.3) is 11.5 Å². The lowest BCUT2D eigenvalue weighted by Gasteiger charge is -2.11. The maximum absolute atomic E-state index is 13.3. The normalized spacial score (nSPS) is 11.0. The predicted octanol–water partition coefficient (Wildman–Crippen LogP) is 5.46. The van der Waals surface area contributed by atoms with E-state index in [1.807, 2.05) is 37.3 Å². The van der Waals surface area contributed by atoms with Crippen molar-refractivity contribution in [3.8, 4) is 23.1 Å². The fraction of sp³-hybridized carbons (Fsp3) is 0.160. The number of pyridine rings is 1. The zero-order valence-corrected chi connectivity index (χ0v) is 21.1. The van der Waals surface area contributed by atoms with Crippen molar-refractivity contribution in [2.75, 3.05) is 7.05 Å². The highest BCUT2D eigenvalue weighted by Crippen LogP contribution is 2.20. The minimum atomic E-state index is -0.357. The van der Waals surface area contributed by atoms with Crippen molar-refractivity contribution in [1.82, 2.24) is 20.6 Å². The first-order valence-electron chi connectivity index (χ1n) is 10.4. The summed E-state index contributed by atoms with van der Waals surface area (Å²) in [6.45, 7) is 3.02. The van der Waals surface area contributed by atoms with Gasteiger partial charge in [-0.3, -0.25) is 4.99 Å². The van der Waals surface area contributed by atoms with E-state index in [2.05, 4.69) is 25.6 Å². The summed E-state index contributed by atoms with van der Waals surface area (Å²) in [5, 5.41) is 6.44. The third-order valence-electron chi connectivity index (χ3n) is 4.79. The van der Waals surface area contributed by atoms with E-state index in [1.54, 1.807) is 37.7 Å². The highest BCUT2D eigenvalue weighted by molar-refractivity contribution is 14.0. The number of halogens is 2. The van der Waals surface area contributed by atoms with Crippen molar-refractivity contribution < 1.29 is 13.5 Å². The molecule has 0 saturated heterocycles. The minimum absolute atomic E-state index is 0. The van der Waals surface area contributed by atoms with Crippen molar-refractivity contribution in [2.45, 2.75) is 20.0 Å². The van der Waals surface area contributed by atoms with Crippen LogP contribution in [-0.2, 0) is 13.1 Å². The topological polar surface area (TPSA) is 84.6 Å². The summed E-state index contributed by atoms with van der Waals surface area (Å²) in [6.07, 6.45) is 3.33. The summed E-state index contributed by atoms with van der Waals surface area (Å²) in [4.78, 5) is 13.0. The van der Waals surface area contributed by atoms with Crippen LogP contribution in [0, 0.1) is 12.7 Å². The van der Waals surface area contributed by atoms with E-state index in [0.29, 0.717) is 36.6 Å². The number of hydrogen-bond acceptors (Lipinski definition) is 5. The molecule has 0 spiro atoms. The predicted molar refractivity (Wildman–Crippen MR) is 140 cm³/mol. The number of guanidine groups is 1. The van der Waals surface area contributed by atoms with Crippen LogP contribution in [0.1, 0.15) is 16.8 Å². The van der Waals surface area contributed by atoms with Crippen LogP contribution in [0.5, 0.6) is 11.6 Å². The lowest BCUT2D eigenvalue weighted by molar-refractivity contribution is 0.457. The first-order valence-corrected chi connectivity index (χ1v) is 10.4. The van der Waals surface area contributed by atoms with Gasteiger partial charge < -0.3 is 19.8 Å². The first-order chi connectivity index (χ1) is 16.1. The van der Waals surface area contributed by atoms with Gasteiger partial charge in [-0.1, -0.05) is 29.8 Å². The molecular formula is C25H25FIN5O2. The molecule has 0 unspecified atom stereocenters. The average Bonchev–Trinajstić information content (AvgIpc) is 3.30. The lowest BCUT2D eigenvalue weighted by Crippen LogP contribution is -2.36. The Hall–Kier alpha value is -3.47. The zero-order valence-electron chi connectivity index (χ0n) is 18.8. The molecule has 2 aromatic carbocycles. The Balaban J connectivity index is 0.00000324. The van der Waals surface area contributed by atoms with Crippen LogP contribution < -0.4 is 15.4 Å². The molecule has 0 saturated carbocycles. The van der Waals surface area contributed by atoms with Crippen LogP contribution in [0.3, 0.4) is 0 Å². The van der Waals surface area contributed by atoms with E-state index in [9.17, 15) is 4.39 Å². The van der Waals surface area contributed by atoms with E-state index in [0.717, 1.165) is 16.8 Å². The number of nitrogens with one attached hydrogen (secondary N) is 2. The van der Waals surface area contributed by atoms with Crippen molar-refractivity contribution >= 4 is 29.9 Å². The Bertz CT molecular complexity index is 1230. The number of aryl methyl sites for hydroxylation is 1. The van der Waals surface area contributed by atoms with Crippen LogP contribution in [0.15, 0.2) is 82.5 Å². The van der Waals surface area contributed by atoms with Crippen molar-refractivity contribution in [3.05, 3.63) is 95.8 Å². The maximum atomic E-state index is 13.3. The van der Waals surface area contributed by atoms with Gasteiger partial charge in [0.25, 0.3) is 0 Å². The molecule has 0 radical (unpaired) electrons. The summed E-state index contributed by atoms with van der Waals surface area (Å²) in [5.41, 5.74) is 3.83. The number of rotatable bonds is 7. The summed E-state index contributed by atoms with van der Waals surface area (Å²) in [6, 6.07) is 17.6. The minimum Gasteiger partial charge on any atom is -0.444 e. The molecule has 0 amide bonds. The van der Waals surface area contributed by atoms with Gasteiger partial charge in [-0.05, 0) is 36.8 Å². The van der Waals surface area contributed by atoms with Gasteiger partial charge in [0.15, 0.2) is 5.96 Å². The van der Waals surface area contributed by atoms with E-state index < -0.39 is 0 Å². The largest absolute Gasteiger partial charge is 0.444 e. The van der Waals surface area contributed by atoms with E-state index in [-0.39, 0.29) is 29.8 Å². The molecule has 0 bridgehead atoms. The van der Waals surface area contributed by atoms with Gasteiger partial charge in [-0.25, -0.2) is 14.4 Å². The third kappa shape index (κ3) is 7.01. The number of nitrogens with zero attached hydrogens (tertiary/aromatic N) is 3. The molecule has 2 N–H and O–H groups in total. The molecule has 4 rings (SSSR count). The number of aliphatic imine (C=N–C) groups is 1. The highest BCUT2D eigenvalue weighted by atomic mass is 127. The molecule has 9 heteroatoms. The summed E-state index contributed by atoms with van der Waals surface area (Å²) in [7, 11) is 1.70. The van der Waals surface area contributed by atoms with Gasteiger partial charge in [-0.15, -0.1) is 24.0 Å². The average molecular weight is 573 g/mol. The number of ether oxygens (including phenoxy) is 1. The lowest BCUT2D eigenvalue weighted by atomic mass is 10.1. The van der Waals surface area contributed by atoms with Gasteiger partial charge in [0.05, 0.1) is 12.2 Å². The van der Waals surface area contributed by atoms with Gasteiger partial charge in [0, 0.05) is 37.5 Å². The number of aromatic nitrogens is 2. The molecule has 34 heavy (non-hydrogen) atoms. The van der Waals surface area contributed by atoms with Gasteiger partial charge in [0.2, 0.25) is 11.8 Å². The first kappa shape index (κ1) is 25.2. The molecule has 0 atom stereocenters. The Kier molecular flexibility index (Phi) is 8.97. The molecule has 0 aliphatic heterocycles. The van der Waals surface area contributed by atoms with Crippen LogP contribution >= 0.6 is 24.0 Å². The second kappa shape index (κ2) is 12.1. The summed E-state index contributed by atoms with van der Waals surface area (Å²) < 4.78 is 24.4. The van der Waals surface area contributed by atoms with Crippen LogP contribution in [-0.4, -0.2) is 23.0 Å². The Morgan fingerprint density at radius 1 is 1.06 bits per heavy atom. The van der Waals surface area contributed by atoms with Gasteiger partial charge in [-0.2, -0.15) is 0 Å².